The van der Waals surface area contributed by atoms with E-state index in [-0.39, 0.29) is 0 Å². The second-order valence-electron chi connectivity index (χ2n) is 4.05. The number of aromatic nitrogens is 1. The van der Waals surface area contributed by atoms with Crippen LogP contribution in [-0.2, 0) is 6.54 Å². The molecule has 0 unspecified atom stereocenters. The first-order chi connectivity index (χ1) is 9.78. The van der Waals surface area contributed by atoms with Crippen LogP contribution in [0.1, 0.15) is 11.1 Å². The van der Waals surface area contributed by atoms with Crippen molar-refractivity contribution in [1.29, 1.82) is 5.26 Å². The van der Waals surface area contributed by atoms with E-state index in [9.17, 15) is 5.26 Å². The number of pyridine rings is 1. The van der Waals surface area contributed by atoms with Gasteiger partial charge in [0, 0.05) is 23.7 Å². The van der Waals surface area contributed by atoms with Gasteiger partial charge in [-0.2, -0.15) is 5.26 Å². The van der Waals surface area contributed by atoms with Gasteiger partial charge in [-0.3, -0.25) is 0 Å². The van der Waals surface area contributed by atoms with Crippen LogP contribution < -0.4 is 10.1 Å². The number of rotatable bonds is 5. The molecule has 1 aromatic carbocycles. The second-order valence-corrected chi connectivity index (χ2v) is 4.90. The summed E-state index contributed by atoms with van der Waals surface area (Å²) in [5.41, 5.74) is 2.58. The van der Waals surface area contributed by atoms with Gasteiger partial charge in [0.25, 0.3) is 0 Å². The highest BCUT2D eigenvalue weighted by atomic mass is 32.2. The summed E-state index contributed by atoms with van der Waals surface area (Å²) in [6.07, 6.45) is 3.67. The van der Waals surface area contributed by atoms with Crippen LogP contribution in [0, 0.1) is 11.3 Å². The van der Waals surface area contributed by atoms with Gasteiger partial charge in [-0.25, -0.2) is 4.98 Å². The van der Waals surface area contributed by atoms with Crippen LogP contribution in [0.4, 0.5) is 5.69 Å². The quantitative estimate of drug-likeness (QED) is 0.854. The molecule has 20 heavy (non-hydrogen) atoms. The molecule has 0 spiro atoms. The SMILES string of the molecule is COc1cc(CNc2cccc(SC)c2C#N)ccn1. The van der Waals surface area contributed by atoms with Gasteiger partial charge in [-0.05, 0) is 30.0 Å². The van der Waals surface area contributed by atoms with Crippen LogP contribution in [0.5, 0.6) is 5.88 Å². The largest absolute Gasteiger partial charge is 0.481 e. The summed E-state index contributed by atoms with van der Waals surface area (Å²) in [4.78, 5) is 5.04. The molecular formula is C15H15N3OS. The first-order valence-corrected chi connectivity index (χ1v) is 7.31. The molecule has 0 saturated heterocycles. The normalized spacial score (nSPS) is 9.85. The fourth-order valence-corrected chi connectivity index (χ4v) is 2.41. The van der Waals surface area contributed by atoms with E-state index >= 15 is 0 Å². The zero-order valence-corrected chi connectivity index (χ0v) is 12.2. The molecule has 0 aliphatic rings. The number of hydrogen-bond donors (Lipinski definition) is 1. The lowest BCUT2D eigenvalue weighted by Crippen LogP contribution is -2.02. The number of nitrogens with zero attached hydrogens (tertiary/aromatic N) is 2. The van der Waals surface area contributed by atoms with Gasteiger partial charge in [-0.1, -0.05) is 6.07 Å². The van der Waals surface area contributed by atoms with Gasteiger partial charge in [0.05, 0.1) is 18.4 Å². The van der Waals surface area contributed by atoms with Crippen molar-refractivity contribution < 1.29 is 4.74 Å². The van der Waals surface area contributed by atoms with E-state index in [1.807, 2.05) is 36.6 Å². The van der Waals surface area contributed by atoms with E-state index in [0.29, 0.717) is 18.0 Å². The number of nitriles is 1. The van der Waals surface area contributed by atoms with Crippen LogP contribution in [0.15, 0.2) is 41.4 Å². The van der Waals surface area contributed by atoms with E-state index < -0.39 is 0 Å². The third-order valence-corrected chi connectivity index (χ3v) is 3.63. The molecule has 0 fully saturated rings. The lowest BCUT2D eigenvalue weighted by atomic mass is 10.2. The van der Waals surface area contributed by atoms with Crippen molar-refractivity contribution in [2.75, 3.05) is 18.7 Å². The molecule has 5 heteroatoms. The van der Waals surface area contributed by atoms with E-state index in [1.54, 1.807) is 25.1 Å². The van der Waals surface area contributed by atoms with Crippen LogP contribution in [-0.4, -0.2) is 18.3 Å². The molecule has 2 aromatic rings. The molecule has 0 atom stereocenters. The minimum absolute atomic E-state index is 0.586. The Morgan fingerprint density at radius 2 is 2.25 bits per heavy atom. The lowest BCUT2D eigenvalue weighted by molar-refractivity contribution is 0.397. The summed E-state index contributed by atoms with van der Waals surface area (Å²) < 4.78 is 5.09. The minimum Gasteiger partial charge on any atom is -0.481 e. The smallest absolute Gasteiger partial charge is 0.213 e. The van der Waals surface area contributed by atoms with Crippen molar-refractivity contribution in [2.24, 2.45) is 0 Å². The molecule has 1 heterocycles. The molecule has 1 aromatic heterocycles. The fraction of sp³-hybridized carbons (Fsp3) is 0.200. The molecule has 0 saturated carbocycles. The summed E-state index contributed by atoms with van der Waals surface area (Å²) in [6.45, 7) is 0.616. The first kappa shape index (κ1) is 14.2. The topological polar surface area (TPSA) is 57.9 Å². The van der Waals surface area contributed by atoms with Crippen LogP contribution in [0.2, 0.25) is 0 Å². The summed E-state index contributed by atoms with van der Waals surface area (Å²) in [5, 5.41) is 12.6. The van der Waals surface area contributed by atoms with Crippen molar-refractivity contribution in [2.45, 2.75) is 11.4 Å². The van der Waals surface area contributed by atoms with Gasteiger partial charge in [0.1, 0.15) is 6.07 Å². The molecule has 0 aliphatic carbocycles. The molecule has 0 amide bonds. The lowest BCUT2D eigenvalue weighted by Gasteiger charge is -2.11. The number of thioether (sulfide) groups is 1. The van der Waals surface area contributed by atoms with Gasteiger partial charge in [-0.15, -0.1) is 11.8 Å². The molecular weight excluding hydrogens is 270 g/mol. The Balaban J connectivity index is 2.17. The van der Waals surface area contributed by atoms with Crippen LogP contribution in [0.25, 0.3) is 0 Å². The van der Waals surface area contributed by atoms with Crippen LogP contribution in [0.3, 0.4) is 0 Å². The number of benzene rings is 1. The predicted molar refractivity (Wildman–Crippen MR) is 81.1 cm³/mol. The van der Waals surface area contributed by atoms with E-state index in [2.05, 4.69) is 16.4 Å². The maximum Gasteiger partial charge on any atom is 0.213 e. The predicted octanol–water partition coefficient (Wildman–Crippen LogP) is 3.30. The molecule has 102 valence electrons. The molecule has 1 N–H and O–H groups in total. The van der Waals surface area contributed by atoms with Crippen molar-refractivity contribution in [1.82, 2.24) is 4.98 Å². The van der Waals surface area contributed by atoms with Crippen LogP contribution >= 0.6 is 11.8 Å². The summed E-state index contributed by atoms with van der Waals surface area (Å²) in [5.74, 6) is 0.586. The van der Waals surface area contributed by atoms with Gasteiger partial charge < -0.3 is 10.1 Å². The zero-order valence-electron chi connectivity index (χ0n) is 11.4. The van der Waals surface area contributed by atoms with Gasteiger partial charge in [0.15, 0.2) is 0 Å². The highest BCUT2D eigenvalue weighted by Gasteiger charge is 2.07. The molecule has 0 radical (unpaired) electrons. The number of ether oxygens (including phenoxy) is 1. The van der Waals surface area contributed by atoms with Crippen molar-refractivity contribution >= 4 is 17.4 Å². The first-order valence-electron chi connectivity index (χ1n) is 6.08. The maximum atomic E-state index is 9.28. The minimum atomic E-state index is 0.586. The van der Waals surface area contributed by atoms with E-state index in [1.165, 1.54) is 0 Å². The number of hydrogen-bond acceptors (Lipinski definition) is 5. The fourth-order valence-electron chi connectivity index (χ4n) is 1.83. The van der Waals surface area contributed by atoms with Crippen molar-refractivity contribution in [3.63, 3.8) is 0 Å². The highest BCUT2D eigenvalue weighted by Crippen LogP contribution is 2.26. The zero-order chi connectivity index (χ0) is 14.4. The third kappa shape index (κ3) is 3.22. The van der Waals surface area contributed by atoms with Crippen molar-refractivity contribution in [3.05, 3.63) is 47.7 Å². The number of nitrogens with one attached hydrogen (secondary N) is 1. The third-order valence-electron chi connectivity index (χ3n) is 2.85. The Morgan fingerprint density at radius 3 is 2.95 bits per heavy atom. The Kier molecular flexibility index (Phi) is 4.85. The highest BCUT2D eigenvalue weighted by molar-refractivity contribution is 7.98. The molecule has 4 nitrogen and oxygen atoms in total. The maximum absolute atomic E-state index is 9.28. The van der Waals surface area contributed by atoms with Gasteiger partial charge in [0.2, 0.25) is 5.88 Å². The summed E-state index contributed by atoms with van der Waals surface area (Å²) in [6, 6.07) is 11.9. The Labute approximate surface area is 122 Å². The van der Waals surface area contributed by atoms with E-state index in [4.69, 9.17) is 4.74 Å². The molecule has 0 aliphatic heterocycles. The summed E-state index contributed by atoms with van der Waals surface area (Å²) in [7, 11) is 1.59. The Bertz CT molecular complexity index is 637. The second kappa shape index (κ2) is 6.83. The van der Waals surface area contributed by atoms with E-state index in [0.717, 1.165) is 16.1 Å². The molecule has 0 bridgehead atoms. The number of methoxy groups -OCH3 is 1. The van der Waals surface area contributed by atoms with Crippen molar-refractivity contribution in [3.8, 4) is 11.9 Å². The average molecular weight is 285 g/mol. The molecule has 2 rings (SSSR count). The summed E-state index contributed by atoms with van der Waals surface area (Å²) >= 11 is 1.57. The standard InChI is InChI=1S/C15H15N3OS/c1-19-15-8-11(6-7-17-15)10-18-13-4-3-5-14(20-2)12(13)9-16/h3-8,18H,10H2,1-2H3. The van der Waals surface area contributed by atoms with Gasteiger partial charge >= 0.3 is 0 Å². The Hall–Kier alpha value is -2.19. The average Bonchev–Trinajstić information content (AvgIpc) is 2.52. The Morgan fingerprint density at radius 1 is 1.40 bits per heavy atom. The number of anilines is 1. The monoisotopic (exact) mass is 285 g/mol.